The number of benzene rings is 1. The van der Waals surface area contributed by atoms with E-state index in [1.165, 1.54) is 6.07 Å². The van der Waals surface area contributed by atoms with E-state index in [2.05, 4.69) is 13.8 Å². The predicted molar refractivity (Wildman–Crippen MR) is 62.2 cm³/mol. The Labute approximate surface area is 91.5 Å². The lowest BCUT2D eigenvalue weighted by molar-refractivity contribution is 0.450. The van der Waals surface area contributed by atoms with Crippen molar-refractivity contribution < 1.29 is 4.39 Å². The maximum atomic E-state index is 12.9. The molecule has 0 bridgehead atoms. The van der Waals surface area contributed by atoms with Crippen LogP contribution >= 0.6 is 0 Å². The van der Waals surface area contributed by atoms with Crippen molar-refractivity contribution in [3.63, 3.8) is 0 Å². The van der Waals surface area contributed by atoms with Crippen LogP contribution in [0.15, 0.2) is 24.3 Å². The van der Waals surface area contributed by atoms with Gasteiger partial charge in [0.05, 0.1) is 0 Å². The fraction of sp³-hybridized carbons (Fsp3) is 0.538. The molecular weight excluding hydrogens is 189 g/mol. The summed E-state index contributed by atoms with van der Waals surface area (Å²) < 4.78 is 12.9. The Morgan fingerprint density at radius 2 is 2.13 bits per heavy atom. The molecule has 0 spiro atoms. The van der Waals surface area contributed by atoms with E-state index in [1.54, 1.807) is 12.1 Å². The molecule has 1 aromatic carbocycles. The third kappa shape index (κ3) is 4.43. The summed E-state index contributed by atoms with van der Waals surface area (Å²) in [5.74, 6) is 0.469. The third-order valence-corrected chi connectivity index (χ3v) is 2.79. The van der Waals surface area contributed by atoms with Crippen LogP contribution in [-0.4, -0.2) is 6.04 Å². The lowest BCUT2D eigenvalue weighted by Crippen LogP contribution is -2.25. The highest BCUT2D eigenvalue weighted by atomic mass is 19.1. The van der Waals surface area contributed by atoms with E-state index in [1.807, 2.05) is 6.07 Å². The first-order valence-corrected chi connectivity index (χ1v) is 5.61. The zero-order chi connectivity index (χ0) is 11.3. The topological polar surface area (TPSA) is 26.0 Å². The summed E-state index contributed by atoms with van der Waals surface area (Å²) in [5, 5.41) is 0. The van der Waals surface area contributed by atoms with Crippen LogP contribution in [0.3, 0.4) is 0 Å². The number of halogens is 1. The largest absolute Gasteiger partial charge is 0.327 e. The summed E-state index contributed by atoms with van der Waals surface area (Å²) in [6.07, 6.45) is 2.92. The second-order valence-electron chi connectivity index (χ2n) is 4.34. The zero-order valence-corrected chi connectivity index (χ0v) is 9.54. The molecular formula is C13H20FN. The average molecular weight is 209 g/mol. The van der Waals surface area contributed by atoms with E-state index >= 15 is 0 Å². The summed E-state index contributed by atoms with van der Waals surface area (Å²) in [6.45, 7) is 4.37. The van der Waals surface area contributed by atoms with Crippen molar-refractivity contribution in [1.82, 2.24) is 0 Å². The molecule has 0 saturated heterocycles. The Hall–Kier alpha value is -0.890. The molecule has 84 valence electrons. The smallest absolute Gasteiger partial charge is 0.123 e. The van der Waals surface area contributed by atoms with Gasteiger partial charge in [-0.05, 0) is 36.5 Å². The van der Waals surface area contributed by atoms with Crippen molar-refractivity contribution in [2.75, 3.05) is 0 Å². The van der Waals surface area contributed by atoms with Crippen molar-refractivity contribution in [3.8, 4) is 0 Å². The minimum atomic E-state index is -0.178. The number of rotatable bonds is 5. The second kappa shape index (κ2) is 5.86. The van der Waals surface area contributed by atoms with Gasteiger partial charge in [-0.2, -0.15) is 0 Å². The molecule has 0 aromatic heterocycles. The summed E-state index contributed by atoms with van der Waals surface area (Å²) in [5.41, 5.74) is 7.00. The molecule has 1 aromatic rings. The van der Waals surface area contributed by atoms with Crippen molar-refractivity contribution in [2.45, 2.75) is 39.2 Å². The highest BCUT2D eigenvalue weighted by molar-refractivity contribution is 5.17. The molecule has 2 heteroatoms. The molecule has 2 N–H and O–H groups in total. The lowest BCUT2D eigenvalue weighted by atomic mass is 9.95. The Bertz CT molecular complexity index is 298. The van der Waals surface area contributed by atoms with Gasteiger partial charge in [0.1, 0.15) is 5.82 Å². The van der Waals surface area contributed by atoms with Crippen LogP contribution in [0, 0.1) is 11.7 Å². The van der Waals surface area contributed by atoms with Crippen LogP contribution < -0.4 is 5.73 Å². The van der Waals surface area contributed by atoms with E-state index in [0.29, 0.717) is 5.92 Å². The van der Waals surface area contributed by atoms with Gasteiger partial charge in [-0.3, -0.25) is 0 Å². The molecule has 2 atom stereocenters. The summed E-state index contributed by atoms with van der Waals surface area (Å²) in [6, 6.07) is 6.84. The Kier molecular flexibility index (Phi) is 4.76. The maximum absolute atomic E-state index is 12.9. The summed E-state index contributed by atoms with van der Waals surface area (Å²) in [7, 11) is 0. The van der Waals surface area contributed by atoms with Crippen molar-refractivity contribution in [3.05, 3.63) is 35.6 Å². The molecule has 0 saturated carbocycles. The normalized spacial score (nSPS) is 14.9. The molecule has 0 fully saturated rings. The zero-order valence-electron chi connectivity index (χ0n) is 9.54. The van der Waals surface area contributed by atoms with Gasteiger partial charge >= 0.3 is 0 Å². The number of hydrogen-bond donors (Lipinski definition) is 1. The Morgan fingerprint density at radius 3 is 2.73 bits per heavy atom. The van der Waals surface area contributed by atoms with Crippen LogP contribution in [0.1, 0.15) is 32.3 Å². The monoisotopic (exact) mass is 209 g/mol. The Morgan fingerprint density at radius 1 is 1.40 bits per heavy atom. The molecule has 0 heterocycles. The van der Waals surface area contributed by atoms with Gasteiger partial charge in [0, 0.05) is 6.04 Å². The van der Waals surface area contributed by atoms with Gasteiger partial charge in [0.15, 0.2) is 0 Å². The predicted octanol–water partition coefficient (Wildman–Crippen LogP) is 3.13. The van der Waals surface area contributed by atoms with Crippen LogP contribution in [0.25, 0.3) is 0 Å². The fourth-order valence-electron chi connectivity index (χ4n) is 1.73. The molecule has 0 aliphatic heterocycles. The van der Waals surface area contributed by atoms with Crippen molar-refractivity contribution in [1.29, 1.82) is 0 Å². The van der Waals surface area contributed by atoms with E-state index in [4.69, 9.17) is 5.73 Å². The highest BCUT2D eigenvalue weighted by Gasteiger charge is 2.08. The molecule has 2 unspecified atom stereocenters. The van der Waals surface area contributed by atoms with E-state index in [-0.39, 0.29) is 11.9 Å². The fourth-order valence-corrected chi connectivity index (χ4v) is 1.73. The van der Waals surface area contributed by atoms with Gasteiger partial charge < -0.3 is 5.73 Å². The van der Waals surface area contributed by atoms with Gasteiger partial charge in [-0.1, -0.05) is 32.4 Å². The molecule has 1 nitrogen and oxygen atoms in total. The minimum absolute atomic E-state index is 0.141. The summed E-state index contributed by atoms with van der Waals surface area (Å²) >= 11 is 0. The number of hydrogen-bond acceptors (Lipinski definition) is 1. The molecule has 1 rings (SSSR count). The van der Waals surface area contributed by atoms with Gasteiger partial charge in [0.2, 0.25) is 0 Å². The number of nitrogens with two attached hydrogens (primary N) is 1. The quantitative estimate of drug-likeness (QED) is 0.792. The van der Waals surface area contributed by atoms with E-state index in [9.17, 15) is 4.39 Å². The summed E-state index contributed by atoms with van der Waals surface area (Å²) in [4.78, 5) is 0. The maximum Gasteiger partial charge on any atom is 0.123 e. The van der Waals surface area contributed by atoms with Crippen molar-refractivity contribution >= 4 is 0 Å². The standard InChI is InChI=1S/C13H20FN/c1-3-10(2)7-13(15)9-11-5-4-6-12(14)8-11/h4-6,8,10,13H,3,7,9,15H2,1-2H3. The molecule has 0 aliphatic carbocycles. The minimum Gasteiger partial charge on any atom is -0.327 e. The average Bonchev–Trinajstić information content (AvgIpc) is 2.17. The van der Waals surface area contributed by atoms with Gasteiger partial charge in [-0.15, -0.1) is 0 Å². The lowest BCUT2D eigenvalue weighted by Gasteiger charge is -2.15. The Balaban J connectivity index is 2.47. The molecule has 0 amide bonds. The van der Waals surface area contributed by atoms with Crippen LogP contribution in [0.5, 0.6) is 0 Å². The van der Waals surface area contributed by atoms with Crippen LogP contribution in [0.4, 0.5) is 4.39 Å². The second-order valence-corrected chi connectivity index (χ2v) is 4.34. The van der Waals surface area contributed by atoms with Crippen LogP contribution in [0.2, 0.25) is 0 Å². The van der Waals surface area contributed by atoms with Gasteiger partial charge in [0.25, 0.3) is 0 Å². The third-order valence-electron chi connectivity index (χ3n) is 2.79. The first kappa shape index (κ1) is 12.2. The molecule has 0 aliphatic rings. The first-order valence-electron chi connectivity index (χ1n) is 5.61. The van der Waals surface area contributed by atoms with E-state index in [0.717, 1.165) is 24.8 Å². The van der Waals surface area contributed by atoms with Crippen molar-refractivity contribution in [2.24, 2.45) is 11.7 Å². The highest BCUT2D eigenvalue weighted by Crippen LogP contribution is 2.13. The van der Waals surface area contributed by atoms with Gasteiger partial charge in [-0.25, -0.2) is 4.39 Å². The first-order chi connectivity index (χ1) is 7.11. The molecule has 15 heavy (non-hydrogen) atoms. The van der Waals surface area contributed by atoms with E-state index < -0.39 is 0 Å². The SMILES string of the molecule is CCC(C)CC(N)Cc1cccc(F)c1. The van der Waals surface area contributed by atoms with Crippen LogP contribution in [-0.2, 0) is 6.42 Å². The molecule has 0 radical (unpaired) electrons.